The zero-order valence-corrected chi connectivity index (χ0v) is 13.0. The number of hydrogen-bond acceptors (Lipinski definition) is 4. The van der Waals surface area contributed by atoms with Crippen molar-refractivity contribution >= 4 is 39.4 Å². The van der Waals surface area contributed by atoms with Crippen molar-refractivity contribution in [3.63, 3.8) is 0 Å². The van der Waals surface area contributed by atoms with Crippen LogP contribution in [0.3, 0.4) is 0 Å². The van der Waals surface area contributed by atoms with Crippen molar-refractivity contribution in [2.45, 2.75) is 0 Å². The maximum absolute atomic E-state index is 5.66. The van der Waals surface area contributed by atoms with Crippen LogP contribution in [0.2, 0.25) is 0 Å². The Balaban J connectivity index is 1.73. The second-order valence-corrected chi connectivity index (χ2v) is 5.83. The van der Waals surface area contributed by atoms with E-state index in [4.69, 9.17) is 10.5 Å². The van der Waals surface area contributed by atoms with E-state index < -0.39 is 0 Å². The monoisotopic (exact) mass is 308 g/mol. The van der Waals surface area contributed by atoms with Crippen molar-refractivity contribution < 1.29 is 4.74 Å². The SMILES string of the molecule is COc1ccc2nc(/C=C/C=C/c3ccc(N)cc3)sc2c1. The topological polar surface area (TPSA) is 48.1 Å². The van der Waals surface area contributed by atoms with Gasteiger partial charge in [0.2, 0.25) is 0 Å². The number of ether oxygens (including phenoxy) is 1. The van der Waals surface area contributed by atoms with Crippen LogP contribution in [0.15, 0.2) is 54.6 Å². The highest BCUT2D eigenvalue weighted by Crippen LogP contribution is 2.26. The predicted molar refractivity (Wildman–Crippen MR) is 95.1 cm³/mol. The molecule has 0 aliphatic carbocycles. The molecule has 2 aromatic carbocycles. The summed E-state index contributed by atoms with van der Waals surface area (Å²) in [5.74, 6) is 0.856. The second kappa shape index (κ2) is 6.45. The summed E-state index contributed by atoms with van der Waals surface area (Å²) in [6.45, 7) is 0. The molecule has 110 valence electrons. The van der Waals surface area contributed by atoms with Gasteiger partial charge in [-0.2, -0.15) is 0 Å². The minimum absolute atomic E-state index is 0.776. The number of allylic oxidation sites excluding steroid dienone is 2. The number of aromatic nitrogens is 1. The number of rotatable bonds is 4. The lowest BCUT2D eigenvalue weighted by Gasteiger charge is -1.96. The van der Waals surface area contributed by atoms with Crippen LogP contribution in [0.1, 0.15) is 10.6 Å². The van der Waals surface area contributed by atoms with Gasteiger partial charge in [-0.25, -0.2) is 4.98 Å². The number of hydrogen-bond donors (Lipinski definition) is 1. The maximum Gasteiger partial charge on any atom is 0.120 e. The number of nitrogens with zero attached hydrogens (tertiary/aromatic N) is 1. The summed E-state index contributed by atoms with van der Waals surface area (Å²) in [7, 11) is 1.67. The third kappa shape index (κ3) is 3.35. The van der Waals surface area contributed by atoms with Crippen molar-refractivity contribution in [2.75, 3.05) is 12.8 Å². The molecule has 0 spiro atoms. The van der Waals surface area contributed by atoms with E-state index in [1.54, 1.807) is 18.4 Å². The van der Waals surface area contributed by atoms with E-state index in [1.807, 2.05) is 66.8 Å². The Morgan fingerprint density at radius 2 is 1.82 bits per heavy atom. The second-order valence-electron chi connectivity index (χ2n) is 4.77. The van der Waals surface area contributed by atoms with Gasteiger partial charge in [0.15, 0.2) is 0 Å². The normalized spacial score (nSPS) is 11.7. The van der Waals surface area contributed by atoms with Crippen LogP contribution in [0.5, 0.6) is 5.75 Å². The molecule has 0 bridgehead atoms. The number of nitrogens with two attached hydrogens (primary N) is 1. The lowest BCUT2D eigenvalue weighted by atomic mass is 10.2. The molecule has 0 aliphatic heterocycles. The zero-order chi connectivity index (χ0) is 15.4. The molecule has 2 N–H and O–H groups in total. The minimum Gasteiger partial charge on any atom is -0.497 e. The number of methoxy groups -OCH3 is 1. The quantitative estimate of drug-likeness (QED) is 0.565. The van der Waals surface area contributed by atoms with Gasteiger partial charge in [-0.15, -0.1) is 11.3 Å². The fourth-order valence-electron chi connectivity index (χ4n) is 2.03. The van der Waals surface area contributed by atoms with Gasteiger partial charge in [0.25, 0.3) is 0 Å². The van der Waals surface area contributed by atoms with Crippen LogP contribution in [0.4, 0.5) is 5.69 Å². The van der Waals surface area contributed by atoms with Gasteiger partial charge in [-0.1, -0.05) is 30.4 Å². The molecule has 3 rings (SSSR count). The lowest BCUT2D eigenvalue weighted by molar-refractivity contribution is 0.415. The molecule has 0 atom stereocenters. The van der Waals surface area contributed by atoms with E-state index in [2.05, 4.69) is 4.98 Å². The Hall–Kier alpha value is -2.59. The summed E-state index contributed by atoms with van der Waals surface area (Å²) < 4.78 is 6.35. The summed E-state index contributed by atoms with van der Waals surface area (Å²) in [5, 5.41) is 0.977. The van der Waals surface area contributed by atoms with Gasteiger partial charge < -0.3 is 10.5 Å². The van der Waals surface area contributed by atoms with Crippen LogP contribution >= 0.6 is 11.3 Å². The van der Waals surface area contributed by atoms with Crippen molar-refractivity contribution in [1.82, 2.24) is 4.98 Å². The van der Waals surface area contributed by atoms with Crippen LogP contribution in [-0.4, -0.2) is 12.1 Å². The highest BCUT2D eigenvalue weighted by Gasteiger charge is 2.02. The van der Waals surface area contributed by atoms with Crippen molar-refractivity contribution in [3.05, 3.63) is 65.2 Å². The van der Waals surface area contributed by atoms with Gasteiger partial charge in [0.1, 0.15) is 10.8 Å². The van der Waals surface area contributed by atoms with Crippen LogP contribution in [0, 0.1) is 0 Å². The number of anilines is 1. The van der Waals surface area contributed by atoms with Crippen LogP contribution in [-0.2, 0) is 0 Å². The van der Waals surface area contributed by atoms with Gasteiger partial charge in [-0.05, 0) is 42.0 Å². The van der Waals surface area contributed by atoms with E-state index >= 15 is 0 Å². The van der Waals surface area contributed by atoms with E-state index in [0.29, 0.717) is 0 Å². The predicted octanol–water partition coefficient (Wildman–Crippen LogP) is 4.61. The summed E-state index contributed by atoms with van der Waals surface area (Å²) in [4.78, 5) is 4.57. The average molecular weight is 308 g/mol. The molecule has 22 heavy (non-hydrogen) atoms. The fraction of sp³-hybridized carbons (Fsp3) is 0.0556. The highest BCUT2D eigenvalue weighted by molar-refractivity contribution is 7.19. The third-order valence-corrected chi connectivity index (χ3v) is 4.17. The molecule has 0 amide bonds. The number of benzene rings is 2. The van der Waals surface area contributed by atoms with Crippen LogP contribution < -0.4 is 10.5 Å². The smallest absolute Gasteiger partial charge is 0.120 e. The highest BCUT2D eigenvalue weighted by atomic mass is 32.1. The molecule has 0 saturated heterocycles. The maximum atomic E-state index is 5.66. The van der Waals surface area contributed by atoms with Crippen LogP contribution in [0.25, 0.3) is 22.4 Å². The largest absolute Gasteiger partial charge is 0.497 e. The molecule has 3 aromatic rings. The summed E-state index contributed by atoms with van der Waals surface area (Å²) in [6, 6.07) is 13.7. The fourth-order valence-corrected chi connectivity index (χ4v) is 2.94. The summed E-state index contributed by atoms with van der Waals surface area (Å²) >= 11 is 1.65. The first-order chi connectivity index (χ1) is 10.7. The number of thiazole rings is 1. The molecule has 0 aliphatic rings. The van der Waals surface area contributed by atoms with E-state index in [0.717, 1.165) is 32.2 Å². The van der Waals surface area contributed by atoms with Gasteiger partial charge in [0.05, 0.1) is 17.3 Å². The Kier molecular flexibility index (Phi) is 4.21. The first kappa shape index (κ1) is 14.4. The standard InChI is InChI=1S/C18H16N2OS/c1-21-15-10-11-16-17(12-15)22-18(20-16)5-3-2-4-13-6-8-14(19)9-7-13/h2-12H,19H2,1H3/b4-2+,5-3+. The van der Waals surface area contributed by atoms with Gasteiger partial charge >= 0.3 is 0 Å². The molecular formula is C18H16N2OS. The van der Waals surface area contributed by atoms with Crippen molar-refractivity contribution in [2.24, 2.45) is 0 Å². The molecule has 0 unspecified atom stereocenters. The molecule has 0 radical (unpaired) electrons. The van der Waals surface area contributed by atoms with E-state index in [9.17, 15) is 0 Å². The number of nitrogen functional groups attached to an aromatic ring is 1. The summed E-state index contributed by atoms with van der Waals surface area (Å²) in [6.07, 6.45) is 8.03. The van der Waals surface area contributed by atoms with Gasteiger partial charge in [-0.3, -0.25) is 0 Å². The van der Waals surface area contributed by atoms with Crippen molar-refractivity contribution in [3.8, 4) is 5.75 Å². The third-order valence-electron chi connectivity index (χ3n) is 3.19. The molecule has 4 heteroatoms. The zero-order valence-electron chi connectivity index (χ0n) is 12.2. The molecule has 3 nitrogen and oxygen atoms in total. The molecular weight excluding hydrogens is 292 g/mol. The number of fused-ring (bicyclic) bond motifs is 1. The first-order valence-electron chi connectivity index (χ1n) is 6.89. The average Bonchev–Trinajstić information content (AvgIpc) is 2.95. The molecule has 1 aromatic heterocycles. The van der Waals surface area contributed by atoms with E-state index in [1.165, 1.54) is 0 Å². The lowest BCUT2D eigenvalue weighted by Crippen LogP contribution is -1.82. The first-order valence-corrected chi connectivity index (χ1v) is 7.71. The Morgan fingerprint density at radius 1 is 1.05 bits per heavy atom. The molecule has 0 fully saturated rings. The Bertz CT molecular complexity index is 832. The molecule has 0 saturated carbocycles. The minimum atomic E-state index is 0.776. The van der Waals surface area contributed by atoms with E-state index in [-0.39, 0.29) is 0 Å². The summed E-state index contributed by atoms with van der Waals surface area (Å²) in [5.41, 5.74) is 8.55. The Morgan fingerprint density at radius 3 is 2.59 bits per heavy atom. The Labute approximate surface area is 133 Å². The van der Waals surface area contributed by atoms with Crippen molar-refractivity contribution in [1.29, 1.82) is 0 Å². The van der Waals surface area contributed by atoms with Gasteiger partial charge in [0, 0.05) is 5.69 Å². The molecule has 1 heterocycles.